The summed E-state index contributed by atoms with van der Waals surface area (Å²) in [6, 6.07) is 65.9. The highest BCUT2D eigenvalue weighted by atomic mass is 32.2. The minimum Gasteiger partial charge on any atom is -0.308 e. The van der Waals surface area contributed by atoms with Crippen molar-refractivity contribution in [3.8, 4) is 22.3 Å². The summed E-state index contributed by atoms with van der Waals surface area (Å²) < 4.78 is 0. The lowest BCUT2D eigenvalue weighted by molar-refractivity contribution is 1.17. The Morgan fingerprint density at radius 3 is 1.37 bits per heavy atom. The van der Waals surface area contributed by atoms with Crippen molar-refractivity contribution in [2.75, 3.05) is 9.80 Å². The number of nitrogens with zero attached hydrogens (tertiary/aromatic N) is 3. The molecule has 0 bridgehead atoms. The third-order valence-electron chi connectivity index (χ3n) is 10.4. The van der Waals surface area contributed by atoms with Crippen molar-refractivity contribution in [2.45, 2.75) is 19.6 Å². The summed E-state index contributed by atoms with van der Waals surface area (Å²) in [7, 11) is 0. The van der Waals surface area contributed by atoms with Crippen LogP contribution in [0.4, 0.5) is 34.1 Å². The molecule has 3 nitrogen and oxygen atoms in total. The first-order chi connectivity index (χ1) is 26.8. The van der Waals surface area contributed by atoms with Gasteiger partial charge in [0.05, 0.1) is 28.3 Å². The number of aromatic nitrogens is 1. The van der Waals surface area contributed by atoms with Crippen LogP contribution in [0.25, 0.3) is 43.9 Å². The molecule has 0 N–H and O–H groups in total. The number of hydrogen-bond acceptors (Lipinski definition) is 5. The van der Waals surface area contributed by atoms with Crippen molar-refractivity contribution in [1.82, 2.24) is 4.98 Å². The van der Waals surface area contributed by atoms with Crippen LogP contribution in [0.15, 0.2) is 208 Å². The summed E-state index contributed by atoms with van der Waals surface area (Å²) in [6.07, 6.45) is 1.93. The van der Waals surface area contributed by atoms with Crippen LogP contribution < -0.4 is 9.80 Å². The molecule has 0 spiro atoms. The van der Waals surface area contributed by atoms with Gasteiger partial charge in [0.1, 0.15) is 0 Å². The fourth-order valence-electron chi connectivity index (χ4n) is 8.13. The first-order valence-electron chi connectivity index (χ1n) is 18.1. The van der Waals surface area contributed by atoms with Gasteiger partial charge in [0.25, 0.3) is 0 Å². The fraction of sp³-hybridized carbons (Fsp3) is 0. The van der Waals surface area contributed by atoms with Gasteiger partial charge < -0.3 is 9.80 Å². The van der Waals surface area contributed by atoms with E-state index in [1.807, 2.05) is 29.7 Å². The topological polar surface area (TPSA) is 19.4 Å². The van der Waals surface area contributed by atoms with Crippen molar-refractivity contribution >= 4 is 79.3 Å². The Bertz CT molecular complexity index is 2650. The predicted molar refractivity (Wildman–Crippen MR) is 228 cm³/mol. The maximum atomic E-state index is 5.17. The van der Waals surface area contributed by atoms with E-state index in [1.165, 1.54) is 64.2 Å². The smallest absolute Gasteiger partial charge is 0.0793 e. The molecule has 5 heteroatoms. The Morgan fingerprint density at radius 1 is 0.352 bits per heavy atom. The molecule has 0 atom stereocenters. The Kier molecular flexibility index (Phi) is 7.35. The van der Waals surface area contributed by atoms with E-state index in [1.54, 1.807) is 0 Å². The minimum absolute atomic E-state index is 0.999. The van der Waals surface area contributed by atoms with Crippen LogP contribution in [0.5, 0.6) is 0 Å². The van der Waals surface area contributed by atoms with Gasteiger partial charge in [-0.3, -0.25) is 4.98 Å². The largest absolute Gasteiger partial charge is 0.308 e. The predicted octanol–water partition coefficient (Wildman–Crippen LogP) is 14.6. The average Bonchev–Trinajstić information content (AvgIpc) is 3.24. The van der Waals surface area contributed by atoms with E-state index in [0.717, 1.165) is 33.4 Å². The minimum atomic E-state index is 0.999. The lowest BCUT2D eigenvalue weighted by atomic mass is 9.87. The van der Waals surface area contributed by atoms with Crippen LogP contribution in [0, 0.1) is 0 Å². The van der Waals surface area contributed by atoms with Crippen molar-refractivity contribution < 1.29 is 0 Å². The summed E-state index contributed by atoms with van der Waals surface area (Å²) in [5.41, 5.74) is 12.7. The van der Waals surface area contributed by atoms with E-state index in [4.69, 9.17) is 4.98 Å². The normalized spacial score (nSPS) is 13.0. The molecule has 1 aromatic heterocycles. The third-order valence-corrected chi connectivity index (χ3v) is 12.7. The molecule has 0 fully saturated rings. The monoisotopic (exact) mass is 725 g/mol. The SMILES string of the molecule is c1ccc(N2c3ccccc3Sc3ccc(-c4c5ccccc5c(-c5ccc6c(c5)N(c5ccccc5)c5ccccc5S6)c5ncccc45)cc32)cc1. The highest BCUT2D eigenvalue weighted by Gasteiger charge is 2.28. The van der Waals surface area contributed by atoms with Crippen LogP contribution in [-0.4, -0.2) is 4.98 Å². The summed E-state index contributed by atoms with van der Waals surface area (Å²) in [5.74, 6) is 0. The molecule has 2 aliphatic rings. The lowest BCUT2D eigenvalue weighted by Gasteiger charge is -2.33. The Morgan fingerprint density at radius 2 is 0.796 bits per heavy atom. The zero-order chi connectivity index (χ0) is 35.6. The van der Waals surface area contributed by atoms with Gasteiger partial charge >= 0.3 is 0 Å². The standard InChI is InChI=1S/C49H31N3S2/c1-3-14-34(15-4-1)51-39-21-9-11-23-43(39)53-45-27-25-32(30-41(45)51)47-36-18-7-8-19-37(36)48(49-38(47)20-13-29-50-49)33-26-28-46-42(31-33)52(35-16-5-2-6-17-35)40-22-10-12-24-44(40)54-46/h1-31H. The molecule has 0 saturated carbocycles. The van der Waals surface area contributed by atoms with Gasteiger partial charge in [0, 0.05) is 48.1 Å². The van der Waals surface area contributed by atoms with E-state index in [0.29, 0.717) is 0 Å². The summed E-state index contributed by atoms with van der Waals surface area (Å²) >= 11 is 3.67. The first-order valence-corrected chi connectivity index (χ1v) is 19.8. The molecule has 3 heterocycles. The molecule has 9 aromatic rings. The number of fused-ring (bicyclic) bond motifs is 6. The van der Waals surface area contributed by atoms with E-state index >= 15 is 0 Å². The molecular weight excluding hydrogens is 695 g/mol. The van der Waals surface area contributed by atoms with Crippen molar-refractivity contribution in [3.05, 3.63) is 188 Å². The number of anilines is 6. The van der Waals surface area contributed by atoms with E-state index in [2.05, 4.69) is 192 Å². The molecule has 0 radical (unpaired) electrons. The number of hydrogen-bond donors (Lipinski definition) is 0. The summed E-state index contributed by atoms with van der Waals surface area (Å²) in [5, 5.41) is 3.53. The number of benzene rings is 8. The number of para-hydroxylation sites is 4. The van der Waals surface area contributed by atoms with Gasteiger partial charge in [0.15, 0.2) is 0 Å². The van der Waals surface area contributed by atoms with E-state index in [-0.39, 0.29) is 0 Å². The van der Waals surface area contributed by atoms with Gasteiger partial charge in [-0.2, -0.15) is 0 Å². The molecule has 0 unspecified atom stereocenters. The van der Waals surface area contributed by atoms with Crippen LogP contribution >= 0.6 is 23.5 Å². The van der Waals surface area contributed by atoms with Crippen LogP contribution in [0.1, 0.15) is 0 Å². The molecule has 0 saturated heterocycles. The van der Waals surface area contributed by atoms with Crippen molar-refractivity contribution in [2.24, 2.45) is 0 Å². The average molecular weight is 726 g/mol. The second-order valence-electron chi connectivity index (χ2n) is 13.5. The zero-order valence-electron chi connectivity index (χ0n) is 29.1. The van der Waals surface area contributed by atoms with Crippen LogP contribution in [-0.2, 0) is 0 Å². The molecule has 0 aliphatic carbocycles. The van der Waals surface area contributed by atoms with Gasteiger partial charge in [-0.15, -0.1) is 0 Å². The Hall–Kier alpha value is -6.27. The molecule has 0 amide bonds. The molecule has 2 aliphatic heterocycles. The first kappa shape index (κ1) is 31.3. The van der Waals surface area contributed by atoms with Crippen LogP contribution in [0.2, 0.25) is 0 Å². The number of rotatable bonds is 4. The number of pyridine rings is 1. The van der Waals surface area contributed by atoms with E-state index < -0.39 is 0 Å². The highest BCUT2D eigenvalue weighted by Crippen LogP contribution is 2.55. The quantitative estimate of drug-likeness (QED) is 0.168. The molecule has 11 rings (SSSR count). The molecular formula is C49H31N3S2. The van der Waals surface area contributed by atoms with E-state index in [9.17, 15) is 0 Å². The highest BCUT2D eigenvalue weighted by molar-refractivity contribution is 8.00. The van der Waals surface area contributed by atoms with Crippen molar-refractivity contribution in [1.29, 1.82) is 0 Å². The van der Waals surface area contributed by atoms with Crippen molar-refractivity contribution in [3.63, 3.8) is 0 Å². The zero-order valence-corrected chi connectivity index (χ0v) is 30.7. The Balaban J connectivity index is 1.13. The second kappa shape index (κ2) is 12.7. The van der Waals surface area contributed by atoms with Gasteiger partial charge in [-0.05, 0) is 106 Å². The third kappa shape index (κ3) is 4.97. The maximum Gasteiger partial charge on any atom is 0.0793 e. The summed E-state index contributed by atoms with van der Waals surface area (Å²) in [6.45, 7) is 0. The molecule has 254 valence electrons. The Labute approximate surface area is 322 Å². The maximum absolute atomic E-state index is 5.17. The lowest BCUT2D eigenvalue weighted by Crippen LogP contribution is -2.14. The van der Waals surface area contributed by atoms with Crippen LogP contribution in [0.3, 0.4) is 0 Å². The second-order valence-corrected chi connectivity index (χ2v) is 15.7. The summed E-state index contributed by atoms with van der Waals surface area (Å²) in [4.78, 5) is 14.9. The van der Waals surface area contributed by atoms with Gasteiger partial charge in [-0.25, -0.2) is 0 Å². The molecule has 8 aromatic carbocycles. The molecule has 54 heavy (non-hydrogen) atoms. The van der Waals surface area contributed by atoms with Gasteiger partial charge in [-0.1, -0.05) is 127 Å². The fourth-order valence-corrected chi connectivity index (χ4v) is 10.2. The van der Waals surface area contributed by atoms with Gasteiger partial charge in [0.2, 0.25) is 0 Å².